The number of hydrogen-bond acceptors (Lipinski definition) is 2. The van der Waals surface area contributed by atoms with Gasteiger partial charge in [-0.25, -0.2) is 0 Å². The Labute approximate surface area is 75.9 Å². The number of hydrogen-bond donors (Lipinski definition) is 0. The van der Waals surface area contributed by atoms with Crippen LogP contribution in [0, 0.1) is 0 Å². The normalized spacial score (nSPS) is 9.54. The maximum absolute atomic E-state index is 4.18. The van der Waals surface area contributed by atoms with E-state index in [-0.39, 0.29) is 0 Å². The average molecular weight is 172 g/mol. The van der Waals surface area contributed by atoms with E-state index in [4.69, 9.17) is 0 Å². The molecule has 0 spiro atoms. The molecule has 2 heterocycles. The average Bonchev–Trinajstić information content (AvgIpc) is 2.21. The van der Waals surface area contributed by atoms with Gasteiger partial charge in [0.2, 0.25) is 0 Å². The molecule has 4 heteroatoms. The first kappa shape index (κ1) is 7.67. The third-order valence-electron chi connectivity index (χ3n) is 1.47. The maximum atomic E-state index is 4.18. The van der Waals surface area contributed by atoms with E-state index < -0.39 is 0 Å². The molecular weight excluding hydrogens is 164 g/mol. The molecule has 2 aromatic rings. The quantitative estimate of drug-likeness (QED) is 0.639. The highest BCUT2D eigenvalue weighted by Gasteiger charge is 1.90. The zero-order chi connectivity index (χ0) is 8.93. The number of pyridine rings is 1. The first-order chi connectivity index (χ1) is 6.45. The van der Waals surface area contributed by atoms with Crippen molar-refractivity contribution in [3.05, 3.63) is 54.6 Å². The van der Waals surface area contributed by atoms with Crippen LogP contribution < -0.4 is 4.68 Å². The summed E-state index contributed by atoms with van der Waals surface area (Å²) in [6.07, 6.45) is 8.53. The van der Waals surface area contributed by atoms with Gasteiger partial charge in [-0.2, -0.15) is 10.1 Å². The van der Waals surface area contributed by atoms with Gasteiger partial charge in [-0.3, -0.25) is 4.98 Å². The van der Waals surface area contributed by atoms with Crippen molar-refractivity contribution in [1.29, 1.82) is 0 Å². The highest BCUT2D eigenvalue weighted by atomic mass is 15.4. The minimum absolute atomic E-state index is 0.596. The van der Waals surface area contributed by atoms with Crippen LogP contribution in [0.1, 0.15) is 0 Å². The van der Waals surface area contributed by atoms with Crippen molar-refractivity contribution in [1.82, 2.24) is 9.97 Å². The topological polar surface area (TPSA) is 43.8 Å². The standard InChI is InChI=1S/C9H8N4/c1-2-6-13(7-3-1)12-9-8-10-4-5-11-9/h1-8H. The Morgan fingerprint density at radius 1 is 1.08 bits per heavy atom. The highest BCUT2D eigenvalue weighted by molar-refractivity contribution is 5.31. The lowest BCUT2D eigenvalue weighted by Crippen LogP contribution is -2.26. The smallest absolute Gasteiger partial charge is 0.182 e. The van der Waals surface area contributed by atoms with Gasteiger partial charge in [0.1, 0.15) is 0 Å². The van der Waals surface area contributed by atoms with Gasteiger partial charge < -0.3 is 4.98 Å². The van der Waals surface area contributed by atoms with E-state index in [9.17, 15) is 0 Å². The summed E-state index contributed by atoms with van der Waals surface area (Å²) in [5.41, 5.74) is 4.18. The fraction of sp³-hybridized carbons (Fsp3) is 0. The van der Waals surface area contributed by atoms with Crippen molar-refractivity contribution in [2.45, 2.75) is 0 Å². The lowest BCUT2D eigenvalue weighted by Gasteiger charge is -2.05. The molecule has 0 aliphatic heterocycles. The largest absolute Gasteiger partial charge is 0.436 e. The van der Waals surface area contributed by atoms with Gasteiger partial charge in [-0.05, 0) is 0 Å². The van der Waals surface area contributed by atoms with Crippen molar-refractivity contribution in [2.75, 3.05) is 0 Å². The summed E-state index contributed by atoms with van der Waals surface area (Å²) in [6.45, 7) is 0. The molecule has 0 radical (unpaired) electrons. The SMILES string of the molecule is c1cc[n+]([N-]c2cnccn2)cc1. The van der Waals surface area contributed by atoms with Gasteiger partial charge in [0.05, 0.1) is 0 Å². The first-order valence-corrected chi connectivity index (χ1v) is 3.89. The van der Waals surface area contributed by atoms with E-state index in [1.807, 2.05) is 30.6 Å². The molecular formula is C9H8N4. The fourth-order valence-electron chi connectivity index (χ4n) is 0.917. The van der Waals surface area contributed by atoms with Crippen LogP contribution in [-0.2, 0) is 0 Å². The molecule has 0 amide bonds. The summed E-state index contributed by atoms with van der Waals surface area (Å²) in [4.78, 5) is 7.94. The second-order valence-electron chi connectivity index (χ2n) is 2.42. The Hall–Kier alpha value is -1.97. The Morgan fingerprint density at radius 3 is 2.62 bits per heavy atom. The summed E-state index contributed by atoms with van der Waals surface area (Å²) in [5, 5.41) is 0. The summed E-state index contributed by atoms with van der Waals surface area (Å²) in [7, 11) is 0. The molecule has 0 aromatic carbocycles. The van der Waals surface area contributed by atoms with Crippen molar-refractivity contribution in [3.63, 3.8) is 0 Å². The van der Waals surface area contributed by atoms with Gasteiger partial charge in [0.15, 0.2) is 12.4 Å². The van der Waals surface area contributed by atoms with E-state index in [1.54, 1.807) is 23.3 Å². The van der Waals surface area contributed by atoms with Crippen LogP contribution in [0.25, 0.3) is 5.43 Å². The molecule has 0 fully saturated rings. The molecule has 0 saturated carbocycles. The van der Waals surface area contributed by atoms with Gasteiger partial charge in [0, 0.05) is 30.3 Å². The van der Waals surface area contributed by atoms with E-state index in [2.05, 4.69) is 15.4 Å². The van der Waals surface area contributed by atoms with E-state index in [0.29, 0.717) is 5.82 Å². The number of aromatic nitrogens is 3. The summed E-state index contributed by atoms with van der Waals surface area (Å²) in [5.74, 6) is 0.596. The second-order valence-corrected chi connectivity index (χ2v) is 2.42. The van der Waals surface area contributed by atoms with Crippen LogP contribution in [0.15, 0.2) is 49.2 Å². The summed E-state index contributed by atoms with van der Waals surface area (Å²) < 4.78 is 1.68. The molecule has 2 rings (SSSR count). The highest BCUT2D eigenvalue weighted by Crippen LogP contribution is 2.05. The lowest BCUT2D eigenvalue weighted by molar-refractivity contribution is -0.619. The van der Waals surface area contributed by atoms with Crippen LogP contribution >= 0.6 is 0 Å². The molecule has 0 N–H and O–H groups in total. The Bertz CT molecular complexity index is 322. The van der Waals surface area contributed by atoms with Crippen LogP contribution in [0.4, 0.5) is 5.82 Å². The monoisotopic (exact) mass is 172 g/mol. The third-order valence-corrected chi connectivity index (χ3v) is 1.47. The van der Waals surface area contributed by atoms with Gasteiger partial charge in [-0.15, -0.1) is 0 Å². The van der Waals surface area contributed by atoms with Crippen molar-refractivity contribution in [3.8, 4) is 0 Å². The molecule has 2 aromatic heterocycles. The molecule has 4 nitrogen and oxygen atoms in total. The zero-order valence-corrected chi connectivity index (χ0v) is 6.91. The van der Waals surface area contributed by atoms with Crippen LogP contribution in [-0.4, -0.2) is 9.97 Å². The first-order valence-electron chi connectivity index (χ1n) is 3.89. The molecule has 64 valence electrons. The van der Waals surface area contributed by atoms with Crippen molar-refractivity contribution >= 4 is 5.82 Å². The summed E-state index contributed by atoms with van der Waals surface area (Å²) >= 11 is 0. The van der Waals surface area contributed by atoms with Crippen LogP contribution in [0.3, 0.4) is 0 Å². The molecule has 13 heavy (non-hydrogen) atoms. The van der Waals surface area contributed by atoms with E-state index >= 15 is 0 Å². The molecule has 0 atom stereocenters. The Balaban J connectivity index is 2.16. The van der Waals surface area contributed by atoms with Crippen LogP contribution in [0.5, 0.6) is 0 Å². The second kappa shape index (κ2) is 3.62. The van der Waals surface area contributed by atoms with E-state index in [0.717, 1.165) is 0 Å². The molecule has 0 saturated heterocycles. The zero-order valence-electron chi connectivity index (χ0n) is 6.91. The van der Waals surface area contributed by atoms with Gasteiger partial charge in [0.25, 0.3) is 0 Å². The van der Waals surface area contributed by atoms with Crippen molar-refractivity contribution < 1.29 is 4.68 Å². The summed E-state index contributed by atoms with van der Waals surface area (Å²) in [6, 6.07) is 5.74. The predicted molar refractivity (Wildman–Crippen MR) is 47.1 cm³/mol. The van der Waals surface area contributed by atoms with Gasteiger partial charge >= 0.3 is 0 Å². The predicted octanol–water partition coefficient (Wildman–Crippen LogP) is 1.23. The Kier molecular flexibility index (Phi) is 2.14. The van der Waals surface area contributed by atoms with Crippen molar-refractivity contribution in [2.24, 2.45) is 0 Å². The molecule has 0 aliphatic rings. The number of nitrogens with zero attached hydrogens (tertiary/aromatic N) is 4. The minimum Gasteiger partial charge on any atom is -0.436 e. The molecule has 0 aliphatic carbocycles. The van der Waals surface area contributed by atoms with E-state index in [1.165, 1.54) is 0 Å². The molecule has 0 bridgehead atoms. The number of rotatable bonds is 2. The minimum atomic E-state index is 0.596. The van der Waals surface area contributed by atoms with Crippen LogP contribution in [0.2, 0.25) is 0 Å². The van der Waals surface area contributed by atoms with Gasteiger partial charge in [-0.1, -0.05) is 12.3 Å². The lowest BCUT2D eigenvalue weighted by atomic mass is 10.5. The third kappa shape index (κ3) is 1.99. The maximum Gasteiger partial charge on any atom is 0.182 e. The fourth-order valence-corrected chi connectivity index (χ4v) is 0.917. The molecule has 0 unspecified atom stereocenters. The Morgan fingerprint density at radius 2 is 1.92 bits per heavy atom.